The summed E-state index contributed by atoms with van der Waals surface area (Å²) in [6.07, 6.45) is 2.26. The van der Waals surface area contributed by atoms with E-state index in [4.69, 9.17) is 9.47 Å². The molecule has 0 bridgehead atoms. The van der Waals surface area contributed by atoms with Gasteiger partial charge in [0.15, 0.2) is 11.6 Å². The average molecular weight is 640 g/mol. The Kier molecular flexibility index (Phi) is 11.3. The molecule has 1 aromatic heterocycles. The molecule has 0 saturated carbocycles. The lowest BCUT2D eigenvalue weighted by Crippen LogP contribution is -2.59. The average Bonchev–Trinajstić information content (AvgIpc) is 3.48. The molecule has 1 heterocycles. The predicted molar refractivity (Wildman–Crippen MR) is 178 cm³/mol. The Labute approximate surface area is 274 Å². The Hall–Kier alpha value is -5.29. The first kappa shape index (κ1) is 34.6. The van der Waals surface area contributed by atoms with Crippen molar-refractivity contribution in [2.75, 3.05) is 11.9 Å². The Morgan fingerprint density at radius 3 is 2.04 bits per heavy atom. The largest absolute Gasteiger partial charge is 0.444 e. The number of amides is 3. The second-order valence-electron chi connectivity index (χ2n) is 12.5. The molecular formula is C36H41N5O6. The lowest BCUT2D eigenvalue weighted by Gasteiger charge is -2.29. The van der Waals surface area contributed by atoms with E-state index in [1.54, 1.807) is 55.8 Å². The molecule has 0 spiro atoms. The predicted octanol–water partition coefficient (Wildman–Crippen LogP) is 5.30. The van der Waals surface area contributed by atoms with Crippen molar-refractivity contribution in [2.45, 2.75) is 64.4 Å². The minimum atomic E-state index is -1.43. The fourth-order valence-electron chi connectivity index (χ4n) is 4.62. The summed E-state index contributed by atoms with van der Waals surface area (Å²) in [5.74, 6) is -1.21. The molecule has 47 heavy (non-hydrogen) atoms. The SMILES string of the molecule is CC(C)(C)OC(=O)NC(C)(C)C(=O)NC(COCc1ccccc1)C(=O)Nc1cn(C(C(=O)c2ccccc2)c2ccccc2)cn1. The molecular weight excluding hydrogens is 598 g/mol. The highest BCUT2D eigenvalue weighted by atomic mass is 16.6. The van der Waals surface area contributed by atoms with E-state index in [1.165, 1.54) is 20.2 Å². The van der Waals surface area contributed by atoms with Crippen LogP contribution in [0.25, 0.3) is 0 Å². The van der Waals surface area contributed by atoms with Crippen molar-refractivity contribution in [2.24, 2.45) is 0 Å². The Balaban J connectivity index is 1.52. The number of hydrogen-bond acceptors (Lipinski definition) is 7. The summed E-state index contributed by atoms with van der Waals surface area (Å²) >= 11 is 0. The molecule has 3 aromatic carbocycles. The second-order valence-corrected chi connectivity index (χ2v) is 12.5. The third-order valence-electron chi connectivity index (χ3n) is 6.97. The number of hydrogen-bond donors (Lipinski definition) is 3. The molecule has 11 nitrogen and oxygen atoms in total. The number of rotatable bonds is 13. The van der Waals surface area contributed by atoms with E-state index in [9.17, 15) is 19.2 Å². The van der Waals surface area contributed by atoms with Gasteiger partial charge in [-0.3, -0.25) is 14.4 Å². The van der Waals surface area contributed by atoms with Gasteiger partial charge in [-0.2, -0.15) is 0 Å². The van der Waals surface area contributed by atoms with Gasteiger partial charge in [0.05, 0.1) is 19.5 Å². The Bertz CT molecular complexity index is 1650. The van der Waals surface area contributed by atoms with Crippen LogP contribution in [0.5, 0.6) is 0 Å². The van der Waals surface area contributed by atoms with Crippen molar-refractivity contribution >= 4 is 29.5 Å². The number of imidazole rings is 1. The zero-order valence-corrected chi connectivity index (χ0v) is 27.2. The quantitative estimate of drug-likeness (QED) is 0.169. The third kappa shape index (κ3) is 10.1. The maximum atomic E-state index is 13.7. The highest BCUT2D eigenvalue weighted by Crippen LogP contribution is 2.24. The van der Waals surface area contributed by atoms with Crippen molar-refractivity contribution in [1.82, 2.24) is 20.2 Å². The van der Waals surface area contributed by atoms with Gasteiger partial charge in [0.25, 0.3) is 5.91 Å². The van der Waals surface area contributed by atoms with Crippen molar-refractivity contribution in [3.8, 4) is 0 Å². The fraction of sp³-hybridized carbons (Fsp3) is 0.306. The monoisotopic (exact) mass is 639 g/mol. The number of nitrogens with one attached hydrogen (secondary N) is 3. The van der Waals surface area contributed by atoms with E-state index in [1.807, 2.05) is 66.7 Å². The van der Waals surface area contributed by atoms with Gasteiger partial charge < -0.3 is 30.0 Å². The molecule has 0 radical (unpaired) electrons. The van der Waals surface area contributed by atoms with Crippen LogP contribution in [0.4, 0.5) is 10.6 Å². The molecule has 0 fully saturated rings. The maximum Gasteiger partial charge on any atom is 0.408 e. The molecule has 4 rings (SSSR count). The number of nitrogens with zero attached hydrogens (tertiary/aromatic N) is 2. The van der Waals surface area contributed by atoms with Crippen molar-refractivity contribution in [3.05, 3.63) is 120 Å². The normalized spacial score (nSPS) is 12.8. The summed E-state index contributed by atoms with van der Waals surface area (Å²) in [7, 11) is 0. The van der Waals surface area contributed by atoms with E-state index in [0.29, 0.717) is 5.56 Å². The molecule has 3 N–H and O–H groups in total. The van der Waals surface area contributed by atoms with Crippen LogP contribution in [0.15, 0.2) is 104 Å². The highest BCUT2D eigenvalue weighted by Gasteiger charge is 2.35. The first-order chi connectivity index (χ1) is 22.3. The number of alkyl carbamates (subject to hydrolysis) is 1. The van der Waals surface area contributed by atoms with Gasteiger partial charge in [0, 0.05) is 11.8 Å². The van der Waals surface area contributed by atoms with Gasteiger partial charge in [-0.1, -0.05) is 91.0 Å². The number of carbonyl (C=O) groups excluding carboxylic acids is 4. The van der Waals surface area contributed by atoms with Gasteiger partial charge in [-0.15, -0.1) is 0 Å². The van der Waals surface area contributed by atoms with E-state index >= 15 is 0 Å². The highest BCUT2D eigenvalue weighted by molar-refractivity contribution is 6.01. The molecule has 0 aliphatic heterocycles. The van der Waals surface area contributed by atoms with Crippen LogP contribution in [0.2, 0.25) is 0 Å². The minimum absolute atomic E-state index is 0.147. The van der Waals surface area contributed by atoms with Gasteiger partial charge >= 0.3 is 6.09 Å². The third-order valence-corrected chi connectivity index (χ3v) is 6.97. The summed E-state index contributed by atoms with van der Waals surface area (Å²) in [5, 5.41) is 7.98. The number of Topliss-reactive ketones (excluding diaryl/α,β-unsaturated/α-hetero) is 1. The van der Waals surface area contributed by atoms with Crippen LogP contribution in [0.3, 0.4) is 0 Å². The molecule has 0 aliphatic carbocycles. The number of benzene rings is 3. The number of carbonyl (C=O) groups is 4. The Morgan fingerprint density at radius 1 is 0.830 bits per heavy atom. The molecule has 2 atom stereocenters. The van der Waals surface area contributed by atoms with Gasteiger partial charge in [0.1, 0.15) is 23.2 Å². The molecule has 246 valence electrons. The molecule has 3 amide bonds. The van der Waals surface area contributed by atoms with Gasteiger partial charge in [-0.05, 0) is 45.7 Å². The van der Waals surface area contributed by atoms with E-state index < -0.39 is 41.1 Å². The van der Waals surface area contributed by atoms with Crippen LogP contribution in [0, 0.1) is 0 Å². The van der Waals surface area contributed by atoms with Crippen LogP contribution in [0.1, 0.15) is 62.1 Å². The Morgan fingerprint density at radius 2 is 1.43 bits per heavy atom. The number of aromatic nitrogens is 2. The zero-order chi connectivity index (χ0) is 34.0. The van der Waals surface area contributed by atoms with Crippen molar-refractivity contribution in [1.29, 1.82) is 0 Å². The minimum Gasteiger partial charge on any atom is -0.444 e. The fourth-order valence-corrected chi connectivity index (χ4v) is 4.62. The first-order valence-electron chi connectivity index (χ1n) is 15.2. The molecule has 2 unspecified atom stereocenters. The van der Waals surface area contributed by atoms with Crippen molar-refractivity contribution in [3.63, 3.8) is 0 Å². The first-order valence-corrected chi connectivity index (χ1v) is 15.2. The number of anilines is 1. The lowest BCUT2D eigenvalue weighted by molar-refractivity contribution is -0.131. The van der Waals surface area contributed by atoms with E-state index in [0.717, 1.165) is 11.1 Å². The zero-order valence-electron chi connectivity index (χ0n) is 27.2. The standard InChI is InChI=1S/C36H41N5O6/c1-35(2,3)47-34(45)40-36(4,5)33(44)38-28(23-46-22-25-15-9-6-10-16-25)32(43)39-29-21-41(24-37-29)30(26-17-11-7-12-18-26)31(42)27-19-13-8-14-20-27/h6-21,24,28,30H,22-23H2,1-5H3,(H,38,44)(H,39,43)(H,40,45). The summed E-state index contributed by atoms with van der Waals surface area (Å²) in [5.41, 5.74) is -0.0299. The van der Waals surface area contributed by atoms with Gasteiger partial charge in [-0.25, -0.2) is 9.78 Å². The molecule has 0 saturated heterocycles. The van der Waals surface area contributed by atoms with Crippen LogP contribution < -0.4 is 16.0 Å². The smallest absolute Gasteiger partial charge is 0.408 e. The molecule has 4 aromatic rings. The lowest BCUT2D eigenvalue weighted by atomic mass is 9.97. The number of ether oxygens (including phenoxy) is 2. The summed E-state index contributed by atoms with van der Waals surface area (Å²) in [4.78, 5) is 57.4. The summed E-state index contributed by atoms with van der Waals surface area (Å²) < 4.78 is 12.8. The van der Waals surface area contributed by atoms with E-state index in [-0.39, 0.29) is 24.8 Å². The summed E-state index contributed by atoms with van der Waals surface area (Å²) in [6.45, 7) is 8.17. The maximum absolute atomic E-state index is 13.7. The van der Waals surface area contributed by atoms with Gasteiger partial charge in [0.2, 0.25) is 5.91 Å². The summed E-state index contributed by atoms with van der Waals surface area (Å²) in [6, 6.07) is 25.7. The van der Waals surface area contributed by atoms with E-state index in [2.05, 4.69) is 20.9 Å². The van der Waals surface area contributed by atoms with Crippen LogP contribution >= 0.6 is 0 Å². The number of ketones is 1. The molecule has 0 aliphatic rings. The van der Waals surface area contributed by atoms with Crippen LogP contribution in [-0.2, 0) is 25.7 Å². The van der Waals surface area contributed by atoms with Crippen LogP contribution in [-0.4, -0.2) is 57.0 Å². The molecule has 11 heteroatoms. The van der Waals surface area contributed by atoms with Crippen molar-refractivity contribution < 1.29 is 28.7 Å². The second kappa shape index (κ2) is 15.3. The topological polar surface area (TPSA) is 141 Å².